The highest BCUT2D eigenvalue weighted by atomic mass is 35.5. The van der Waals surface area contributed by atoms with E-state index in [0.29, 0.717) is 13.0 Å². The normalized spacial score (nSPS) is 19.4. The number of amides is 2. The largest absolute Gasteiger partial charge is 0.465 e. The molecule has 2 aliphatic rings. The molecule has 240 valence electrons. The van der Waals surface area contributed by atoms with Gasteiger partial charge in [0.2, 0.25) is 0 Å². The van der Waals surface area contributed by atoms with Crippen molar-refractivity contribution in [3.8, 4) is 0 Å². The summed E-state index contributed by atoms with van der Waals surface area (Å²) in [4.78, 5) is 39.7. The maximum Gasteiger partial charge on any atom is 0.407 e. The van der Waals surface area contributed by atoms with Gasteiger partial charge in [0.05, 0.1) is 23.0 Å². The number of pyridine rings is 3. The lowest BCUT2D eigenvalue weighted by atomic mass is 9.76. The predicted molar refractivity (Wildman–Crippen MR) is 171 cm³/mol. The fourth-order valence-electron chi connectivity index (χ4n) is 6.56. The van der Waals surface area contributed by atoms with E-state index in [2.05, 4.69) is 38.8 Å². The number of aromatic nitrogens is 3. The van der Waals surface area contributed by atoms with E-state index in [9.17, 15) is 23.1 Å². The molecule has 2 atom stereocenters. The van der Waals surface area contributed by atoms with Crippen LogP contribution in [0.1, 0.15) is 93.2 Å². The number of sulfonamides is 1. The molecule has 3 N–H and O–H groups in total. The molecule has 2 amide bonds. The van der Waals surface area contributed by atoms with Gasteiger partial charge < -0.3 is 15.3 Å². The molecule has 3 aromatic heterocycles. The average molecular weight is 655 g/mol. The number of carbonyl (C=O) groups is 2. The van der Waals surface area contributed by atoms with Crippen LogP contribution in [0.2, 0.25) is 5.15 Å². The first-order valence-electron chi connectivity index (χ1n) is 15.1. The lowest BCUT2D eigenvalue weighted by molar-refractivity contribution is 0.0980. The van der Waals surface area contributed by atoms with Crippen molar-refractivity contribution in [2.45, 2.75) is 88.2 Å². The van der Waals surface area contributed by atoms with Crippen LogP contribution in [0.4, 0.5) is 10.6 Å². The molecule has 1 saturated heterocycles. The highest BCUT2D eigenvalue weighted by Crippen LogP contribution is 2.38. The molecule has 0 spiro atoms. The Morgan fingerprint density at radius 2 is 1.91 bits per heavy atom. The Kier molecular flexibility index (Phi) is 9.10. The van der Waals surface area contributed by atoms with E-state index in [-0.39, 0.29) is 38.9 Å². The molecule has 1 aliphatic heterocycles. The second kappa shape index (κ2) is 12.6. The molecule has 1 unspecified atom stereocenters. The van der Waals surface area contributed by atoms with Crippen molar-refractivity contribution < 1.29 is 23.1 Å². The number of aryl methyl sites for hydroxylation is 1. The van der Waals surface area contributed by atoms with E-state index >= 15 is 0 Å². The lowest BCUT2D eigenvalue weighted by Crippen LogP contribution is -2.41. The van der Waals surface area contributed by atoms with Crippen LogP contribution in [0.25, 0.3) is 0 Å². The minimum atomic E-state index is -4.36. The lowest BCUT2D eigenvalue weighted by Gasteiger charge is -2.31. The zero-order valence-electron chi connectivity index (χ0n) is 25.9. The van der Waals surface area contributed by atoms with Gasteiger partial charge in [-0.3, -0.25) is 9.78 Å². The molecule has 45 heavy (non-hydrogen) atoms. The Labute approximate surface area is 268 Å². The first kappa shape index (κ1) is 32.6. The third-order valence-electron chi connectivity index (χ3n) is 8.84. The van der Waals surface area contributed by atoms with Crippen molar-refractivity contribution in [1.82, 2.24) is 24.6 Å². The summed E-state index contributed by atoms with van der Waals surface area (Å²) in [5.41, 5.74) is 1.82. The van der Waals surface area contributed by atoms with Gasteiger partial charge in [-0.15, -0.1) is 0 Å². The van der Waals surface area contributed by atoms with E-state index in [1.165, 1.54) is 11.0 Å². The Morgan fingerprint density at radius 3 is 2.60 bits per heavy atom. The van der Waals surface area contributed by atoms with Gasteiger partial charge in [0.25, 0.3) is 15.9 Å². The molecular weight excluding hydrogens is 616 g/mol. The number of carboxylic acid groups (broad SMARTS) is 1. The van der Waals surface area contributed by atoms with Crippen molar-refractivity contribution in [1.29, 1.82) is 0 Å². The summed E-state index contributed by atoms with van der Waals surface area (Å²) < 4.78 is 28.8. The number of nitrogens with zero attached hydrogens (tertiary/aromatic N) is 4. The number of carbonyl (C=O) groups excluding carboxylic acids is 1. The van der Waals surface area contributed by atoms with Gasteiger partial charge in [0.1, 0.15) is 11.0 Å². The maximum atomic E-state index is 13.3. The summed E-state index contributed by atoms with van der Waals surface area (Å²) in [6, 6.07) is 11.4. The number of anilines is 1. The first-order valence-corrected chi connectivity index (χ1v) is 16.9. The van der Waals surface area contributed by atoms with Gasteiger partial charge in [0.15, 0.2) is 5.03 Å². The standard InChI is InChI=1S/C32H39ClN6O5S/c1-31(2)15-8-9-21-17-22(28(33)37-27(21)31)29(40)38-45(43,44)26-12-7-11-25(36-26)35-24(23-10-5-6-16-34-23)14-13-20-18-32(3,4)39(19-20)30(41)42/h5-7,10-12,16-17,20,24H,8-9,13-15,18-19H2,1-4H3,(H,35,36)(H,38,40)(H,41,42)/t20-,24?/m0/s1. The molecule has 0 radical (unpaired) electrons. The van der Waals surface area contributed by atoms with Crippen LogP contribution >= 0.6 is 11.6 Å². The van der Waals surface area contributed by atoms with Crippen molar-refractivity contribution in [3.05, 3.63) is 76.3 Å². The molecule has 11 nitrogen and oxygen atoms in total. The molecule has 3 aromatic rings. The fraction of sp³-hybridized carbons (Fsp3) is 0.469. The third kappa shape index (κ3) is 7.22. The van der Waals surface area contributed by atoms with Crippen molar-refractivity contribution in [2.24, 2.45) is 5.92 Å². The van der Waals surface area contributed by atoms with Crippen LogP contribution < -0.4 is 10.0 Å². The van der Waals surface area contributed by atoms with Gasteiger partial charge in [-0.25, -0.2) is 19.5 Å². The second-order valence-electron chi connectivity index (χ2n) is 13.2. The smallest absolute Gasteiger partial charge is 0.407 e. The summed E-state index contributed by atoms with van der Waals surface area (Å²) in [6.07, 6.45) is 5.45. The Morgan fingerprint density at radius 1 is 1.13 bits per heavy atom. The molecule has 1 fully saturated rings. The minimum Gasteiger partial charge on any atom is -0.465 e. The van der Waals surface area contributed by atoms with Crippen LogP contribution in [-0.4, -0.2) is 57.5 Å². The molecule has 0 saturated carbocycles. The highest BCUT2D eigenvalue weighted by molar-refractivity contribution is 7.90. The summed E-state index contributed by atoms with van der Waals surface area (Å²) in [7, 11) is -4.36. The van der Waals surface area contributed by atoms with Crippen molar-refractivity contribution >= 4 is 39.4 Å². The number of fused-ring (bicyclic) bond motifs is 1. The second-order valence-corrected chi connectivity index (χ2v) is 15.2. The van der Waals surface area contributed by atoms with E-state index in [1.807, 2.05) is 32.0 Å². The zero-order valence-corrected chi connectivity index (χ0v) is 27.5. The molecular formula is C32H39ClN6O5S. The van der Waals surface area contributed by atoms with Gasteiger partial charge in [-0.05, 0) is 94.2 Å². The summed E-state index contributed by atoms with van der Waals surface area (Å²) >= 11 is 6.38. The topological polar surface area (TPSA) is 154 Å². The van der Waals surface area contributed by atoms with Gasteiger partial charge >= 0.3 is 6.09 Å². The van der Waals surface area contributed by atoms with Gasteiger partial charge in [-0.1, -0.05) is 37.6 Å². The van der Waals surface area contributed by atoms with Crippen LogP contribution in [0, 0.1) is 5.92 Å². The van der Waals surface area contributed by atoms with Crippen LogP contribution in [-0.2, 0) is 21.9 Å². The zero-order chi connectivity index (χ0) is 32.6. The molecule has 5 rings (SSSR count). The number of hydrogen-bond donors (Lipinski definition) is 3. The number of rotatable bonds is 9. The Balaban J connectivity index is 1.32. The summed E-state index contributed by atoms with van der Waals surface area (Å²) in [6.45, 7) is 8.46. The number of likely N-dealkylation sites (tertiary alicyclic amines) is 1. The Hall–Kier alpha value is -3.77. The number of halogens is 1. The first-order chi connectivity index (χ1) is 21.2. The fourth-order valence-corrected chi connectivity index (χ4v) is 7.72. The highest BCUT2D eigenvalue weighted by Gasteiger charge is 2.41. The monoisotopic (exact) mass is 654 g/mol. The van der Waals surface area contributed by atoms with Crippen LogP contribution in [0.5, 0.6) is 0 Å². The van der Waals surface area contributed by atoms with Crippen molar-refractivity contribution in [2.75, 3.05) is 11.9 Å². The molecule has 0 aromatic carbocycles. The summed E-state index contributed by atoms with van der Waals surface area (Å²) in [5, 5.41) is 12.5. The minimum absolute atomic E-state index is 0.00209. The predicted octanol–water partition coefficient (Wildman–Crippen LogP) is 5.97. The van der Waals surface area contributed by atoms with Crippen LogP contribution in [0.15, 0.2) is 53.7 Å². The molecule has 1 aliphatic carbocycles. The maximum absolute atomic E-state index is 13.3. The number of hydrogen-bond acceptors (Lipinski definition) is 8. The van der Waals surface area contributed by atoms with E-state index in [0.717, 1.165) is 49.1 Å². The molecule has 0 bridgehead atoms. The van der Waals surface area contributed by atoms with E-state index < -0.39 is 27.6 Å². The van der Waals surface area contributed by atoms with E-state index in [4.69, 9.17) is 11.6 Å². The number of nitrogens with one attached hydrogen (secondary N) is 2. The van der Waals surface area contributed by atoms with Gasteiger partial charge in [0, 0.05) is 23.7 Å². The molecule has 4 heterocycles. The van der Waals surface area contributed by atoms with Crippen LogP contribution in [0.3, 0.4) is 0 Å². The quantitative estimate of drug-likeness (QED) is 0.237. The van der Waals surface area contributed by atoms with Gasteiger partial charge in [-0.2, -0.15) is 8.42 Å². The van der Waals surface area contributed by atoms with Crippen molar-refractivity contribution in [3.63, 3.8) is 0 Å². The SMILES string of the molecule is CC1(C)CCCc2cc(C(=O)NS(=O)(=O)c3cccc(NC(CC[C@@H]4CN(C(=O)O)C(C)(C)C4)c4ccccn4)n3)c(Cl)nc21. The summed E-state index contributed by atoms with van der Waals surface area (Å²) in [5.74, 6) is -0.425. The third-order valence-corrected chi connectivity index (χ3v) is 10.4. The molecule has 13 heteroatoms. The average Bonchev–Trinajstić information content (AvgIpc) is 3.29. The van der Waals surface area contributed by atoms with E-state index in [1.54, 1.807) is 24.4 Å². The Bertz CT molecular complexity index is 1700.